The summed E-state index contributed by atoms with van der Waals surface area (Å²) in [4.78, 5) is 14.8. The number of rotatable bonds is 5. The Balaban J connectivity index is 2.07. The van der Waals surface area contributed by atoms with E-state index in [-0.39, 0.29) is 5.69 Å². The second kappa shape index (κ2) is 6.12. The van der Waals surface area contributed by atoms with E-state index in [2.05, 4.69) is 10.3 Å². The summed E-state index contributed by atoms with van der Waals surface area (Å²) in [5.74, 6) is 0. The first kappa shape index (κ1) is 14.0. The summed E-state index contributed by atoms with van der Waals surface area (Å²) < 4.78 is 0. The lowest BCUT2D eigenvalue weighted by Crippen LogP contribution is -2.07. The predicted molar refractivity (Wildman–Crippen MR) is 76.9 cm³/mol. The van der Waals surface area contributed by atoms with Crippen LogP contribution in [0.4, 0.5) is 11.4 Å². The van der Waals surface area contributed by atoms with Gasteiger partial charge in [0.1, 0.15) is 5.69 Å². The summed E-state index contributed by atoms with van der Waals surface area (Å²) in [6.45, 7) is 2.46. The maximum Gasteiger partial charge on any atom is 0.292 e. The van der Waals surface area contributed by atoms with Crippen molar-refractivity contribution in [2.24, 2.45) is 0 Å². The number of anilines is 1. The van der Waals surface area contributed by atoms with Crippen molar-refractivity contribution in [2.75, 3.05) is 11.9 Å². The molecule has 0 atom stereocenters. The number of aromatic nitrogens is 1. The van der Waals surface area contributed by atoms with Gasteiger partial charge < -0.3 is 5.32 Å². The maximum absolute atomic E-state index is 10.9. The van der Waals surface area contributed by atoms with Gasteiger partial charge in [0, 0.05) is 24.4 Å². The molecule has 0 radical (unpaired) electrons. The fraction of sp³-hybridized carbons (Fsp3) is 0.231. The van der Waals surface area contributed by atoms with Gasteiger partial charge >= 0.3 is 0 Å². The molecule has 0 aliphatic carbocycles. The van der Waals surface area contributed by atoms with Crippen LogP contribution in [0.25, 0.3) is 0 Å². The van der Waals surface area contributed by atoms with E-state index in [0.29, 0.717) is 24.2 Å². The highest BCUT2D eigenvalue weighted by Gasteiger charge is 2.13. The molecule has 20 heavy (non-hydrogen) atoms. The van der Waals surface area contributed by atoms with Crippen LogP contribution in [0, 0.1) is 28.4 Å². The standard InChI is InChI=1S/C13H12N4O2S/c1-9-16-11(8-20-9)4-5-15-12-6-10(7-14)2-3-13(12)17(18)19/h2-3,6,8,15H,4-5H2,1H3. The second-order valence-corrected chi connectivity index (χ2v) is 5.20. The molecule has 6 nitrogen and oxygen atoms in total. The van der Waals surface area contributed by atoms with Crippen LogP contribution in [0.15, 0.2) is 23.6 Å². The Kier molecular flexibility index (Phi) is 4.27. The number of thiazole rings is 1. The van der Waals surface area contributed by atoms with Crippen molar-refractivity contribution < 1.29 is 4.92 Å². The molecular formula is C13H12N4O2S. The summed E-state index contributed by atoms with van der Waals surface area (Å²) in [5.41, 5.74) is 1.68. The van der Waals surface area contributed by atoms with E-state index < -0.39 is 4.92 Å². The van der Waals surface area contributed by atoms with E-state index in [1.807, 2.05) is 18.4 Å². The number of nitrogens with one attached hydrogen (secondary N) is 1. The fourth-order valence-electron chi connectivity index (χ4n) is 1.75. The van der Waals surface area contributed by atoms with Gasteiger partial charge in [-0.1, -0.05) is 0 Å². The molecule has 0 amide bonds. The number of aryl methyl sites for hydroxylation is 1. The van der Waals surface area contributed by atoms with E-state index in [1.54, 1.807) is 11.3 Å². The first-order valence-electron chi connectivity index (χ1n) is 5.93. The SMILES string of the molecule is Cc1nc(CCNc2cc(C#N)ccc2[N+](=O)[O-])cs1. The molecule has 1 aromatic heterocycles. The normalized spacial score (nSPS) is 10.0. The average molecular weight is 288 g/mol. The first-order valence-corrected chi connectivity index (χ1v) is 6.81. The molecular weight excluding hydrogens is 276 g/mol. The van der Waals surface area contributed by atoms with Gasteiger partial charge in [0.15, 0.2) is 0 Å². The van der Waals surface area contributed by atoms with Gasteiger partial charge in [-0.25, -0.2) is 4.98 Å². The first-order chi connectivity index (χ1) is 9.60. The Morgan fingerprint density at radius 3 is 2.95 bits per heavy atom. The number of benzene rings is 1. The Labute approximate surface area is 119 Å². The van der Waals surface area contributed by atoms with Gasteiger partial charge in [0.2, 0.25) is 0 Å². The van der Waals surface area contributed by atoms with Crippen molar-refractivity contribution in [3.63, 3.8) is 0 Å². The van der Waals surface area contributed by atoms with Gasteiger partial charge in [-0.2, -0.15) is 5.26 Å². The van der Waals surface area contributed by atoms with Crippen molar-refractivity contribution in [1.82, 2.24) is 4.98 Å². The predicted octanol–water partition coefficient (Wildman–Crippen LogP) is 2.89. The monoisotopic (exact) mass is 288 g/mol. The second-order valence-electron chi connectivity index (χ2n) is 4.14. The third-order valence-corrected chi connectivity index (χ3v) is 3.51. The van der Waals surface area contributed by atoms with E-state index in [4.69, 9.17) is 5.26 Å². The number of nitriles is 1. The van der Waals surface area contributed by atoms with Crippen LogP contribution in [0.2, 0.25) is 0 Å². The molecule has 0 bridgehead atoms. The number of hydrogen-bond acceptors (Lipinski definition) is 6. The summed E-state index contributed by atoms with van der Waals surface area (Å²) in [6, 6.07) is 6.24. The molecule has 7 heteroatoms. The molecule has 0 fully saturated rings. The lowest BCUT2D eigenvalue weighted by Gasteiger charge is -2.06. The Morgan fingerprint density at radius 2 is 2.35 bits per heavy atom. The van der Waals surface area contributed by atoms with Crippen LogP contribution >= 0.6 is 11.3 Å². The van der Waals surface area contributed by atoms with Crippen LogP contribution in [0.5, 0.6) is 0 Å². The topological polar surface area (TPSA) is 91.8 Å². The molecule has 0 saturated heterocycles. The molecule has 0 aliphatic heterocycles. The summed E-state index contributed by atoms with van der Waals surface area (Å²) >= 11 is 1.57. The highest BCUT2D eigenvalue weighted by atomic mass is 32.1. The van der Waals surface area contributed by atoms with Crippen molar-refractivity contribution in [2.45, 2.75) is 13.3 Å². The quantitative estimate of drug-likeness (QED) is 0.674. The smallest absolute Gasteiger partial charge is 0.292 e. The summed E-state index contributed by atoms with van der Waals surface area (Å²) in [6.07, 6.45) is 0.679. The van der Waals surface area contributed by atoms with Gasteiger partial charge in [-0.3, -0.25) is 10.1 Å². The van der Waals surface area contributed by atoms with Crippen molar-refractivity contribution in [1.29, 1.82) is 5.26 Å². The third kappa shape index (κ3) is 3.30. The molecule has 102 valence electrons. The molecule has 0 unspecified atom stereocenters. The third-order valence-electron chi connectivity index (χ3n) is 2.69. The highest BCUT2D eigenvalue weighted by Crippen LogP contribution is 2.25. The lowest BCUT2D eigenvalue weighted by atomic mass is 10.2. The van der Waals surface area contributed by atoms with Gasteiger partial charge in [-0.15, -0.1) is 11.3 Å². The maximum atomic E-state index is 10.9. The van der Waals surface area contributed by atoms with Gasteiger partial charge in [-0.05, 0) is 19.1 Å². The van der Waals surface area contributed by atoms with E-state index in [0.717, 1.165) is 10.7 Å². The zero-order valence-electron chi connectivity index (χ0n) is 10.8. The molecule has 1 heterocycles. The molecule has 1 N–H and O–H groups in total. The number of nitro benzene ring substituents is 1. The van der Waals surface area contributed by atoms with Crippen LogP contribution in [0.3, 0.4) is 0 Å². The number of nitrogens with zero attached hydrogens (tertiary/aromatic N) is 3. The molecule has 0 spiro atoms. The van der Waals surface area contributed by atoms with Gasteiger partial charge in [0.05, 0.1) is 27.3 Å². The average Bonchev–Trinajstić information content (AvgIpc) is 2.84. The molecule has 2 aromatic rings. The molecule has 1 aromatic carbocycles. The van der Waals surface area contributed by atoms with Gasteiger partial charge in [0.25, 0.3) is 5.69 Å². The van der Waals surface area contributed by atoms with E-state index >= 15 is 0 Å². The zero-order valence-corrected chi connectivity index (χ0v) is 11.6. The minimum atomic E-state index is -0.462. The molecule has 0 aliphatic rings. The van der Waals surface area contributed by atoms with E-state index in [9.17, 15) is 10.1 Å². The van der Waals surface area contributed by atoms with Crippen LogP contribution in [-0.4, -0.2) is 16.5 Å². The lowest BCUT2D eigenvalue weighted by molar-refractivity contribution is -0.384. The zero-order chi connectivity index (χ0) is 14.5. The number of nitro groups is 1. The van der Waals surface area contributed by atoms with Crippen molar-refractivity contribution >= 4 is 22.7 Å². The van der Waals surface area contributed by atoms with Crippen LogP contribution in [-0.2, 0) is 6.42 Å². The summed E-state index contributed by atoms with van der Waals surface area (Å²) in [5, 5.41) is 25.7. The summed E-state index contributed by atoms with van der Waals surface area (Å²) in [7, 11) is 0. The Morgan fingerprint density at radius 1 is 1.55 bits per heavy atom. The molecule has 0 saturated carbocycles. The Bertz CT molecular complexity index is 675. The Hall–Kier alpha value is -2.46. The van der Waals surface area contributed by atoms with E-state index in [1.165, 1.54) is 18.2 Å². The van der Waals surface area contributed by atoms with Crippen LogP contribution in [0.1, 0.15) is 16.3 Å². The molecule has 2 rings (SSSR count). The number of hydrogen-bond donors (Lipinski definition) is 1. The highest BCUT2D eigenvalue weighted by molar-refractivity contribution is 7.09. The minimum Gasteiger partial charge on any atom is -0.379 e. The fourth-order valence-corrected chi connectivity index (χ4v) is 2.40. The van der Waals surface area contributed by atoms with Crippen LogP contribution < -0.4 is 5.32 Å². The van der Waals surface area contributed by atoms with Crippen molar-refractivity contribution in [3.05, 3.63) is 50.0 Å². The van der Waals surface area contributed by atoms with Crippen molar-refractivity contribution in [3.8, 4) is 6.07 Å². The minimum absolute atomic E-state index is 0.0292. The largest absolute Gasteiger partial charge is 0.379 e.